The molecule has 0 unspecified atom stereocenters. The first-order valence-corrected chi connectivity index (χ1v) is 8.80. The van der Waals surface area contributed by atoms with Crippen molar-refractivity contribution in [1.82, 2.24) is 9.88 Å². The molecule has 5 heteroatoms. The van der Waals surface area contributed by atoms with E-state index in [1.807, 2.05) is 49.4 Å². The molecule has 1 heterocycles. The first kappa shape index (κ1) is 16.7. The molecule has 0 spiro atoms. The molecule has 0 bridgehead atoms. The van der Waals surface area contributed by atoms with Crippen molar-refractivity contribution in [2.75, 3.05) is 7.05 Å². The molecule has 3 aromatic rings. The zero-order valence-corrected chi connectivity index (χ0v) is 15.0. The maximum Gasteiger partial charge on any atom is 0.246 e. The minimum Gasteiger partial charge on any atom is -0.333 e. The number of likely N-dealkylation sites (N-methyl/N-ethyl adjacent to an activating group) is 1. The van der Waals surface area contributed by atoms with Crippen molar-refractivity contribution in [1.29, 1.82) is 0 Å². The van der Waals surface area contributed by atoms with Gasteiger partial charge in [-0.3, -0.25) is 4.79 Å². The van der Waals surface area contributed by atoms with Gasteiger partial charge in [0.05, 0.1) is 16.3 Å². The van der Waals surface area contributed by atoms with Crippen molar-refractivity contribution in [3.8, 4) is 0 Å². The standard InChI is InChI=1S/C19H17ClN2OS/c1-13(19-21-16-9-5-6-10-17(16)24-19)22(2)18(23)12-11-14-7-3-4-8-15(14)20/h3-13H,1-2H3/b12-11+/t13-/m0/s1. The number of rotatable bonds is 4. The van der Waals surface area contributed by atoms with Crippen LogP contribution in [0.4, 0.5) is 0 Å². The third kappa shape index (κ3) is 3.50. The Labute approximate surface area is 150 Å². The maximum atomic E-state index is 12.4. The van der Waals surface area contributed by atoms with Gasteiger partial charge >= 0.3 is 0 Å². The Morgan fingerprint density at radius 3 is 2.67 bits per heavy atom. The number of hydrogen-bond donors (Lipinski definition) is 0. The van der Waals surface area contributed by atoms with Crippen molar-refractivity contribution >= 4 is 45.1 Å². The molecule has 1 amide bonds. The summed E-state index contributed by atoms with van der Waals surface area (Å²) in [6.07, 6.45) is 3.29. The molecule has 0 aliphatic rings. The number of nitrogens with zero attached hydrogens (tertiary/aromatic N) is 2. The summed E-state index contributed by atoms with van der Waals surface area (Å²) in [5.41, 5.74) is 1.80. The van der Waals surface area contributed by atoms with E-state index in [0.29, 0.717) is 5.02 Å². The quantitative estimate of drug-likeness (QED) is 0.603. The average Bonchev–Trinajstić information content (AvgIpc) is 3.03. The Morgan fingerprint density at radius 1 is 1.21 bits per heavy atom. The van der Waals surface area contributed by atoms with E-state index in [2.05, 4.69) is 4.98 Å². The van der Waals surface area contributed by atoms with Crippen LogP contribution >= 0.6 is 22.9 Å². The average molecular weight is 357 g/mol. The van der Waals surface area contributed by atoms with Gasteiger partial charge in [0.2, 0.25) is 5.91 Å². The first-order chi connectivity index (χ1) is 11.6. The van der Waals surface area contributed by atoms with Crippen molar-refractivity contribution in [2.24, 2.45) is 0 Å². The van der Waals surface area contributed by atoms with E-state index in [4.69, 9.17) is 11.6 Å². The number of para-hydroxylation sites is 1. The summed E-state index contributed by atoms with van der Waals surface area (Å²) in [4.78, 5) is 18.7. The summed E-state index contributed by atoms with van der Waals surface area (Å²) < 4.78 is 1.13. The number of fused-ring (bicyclic) bond motifs is 1. The van der Waals surface area contributed by atoms with E-state index in [1.165, 1.54) is 0 Å². The number of benzene rings is 2. The molecule has 122 valence electrons. The lowest BCUT2D eigenvalue weighted by atomic mass is 10.2. The summed E-state index contributed by atoms with van der Waals surface area (Å²) in [5.74, 6) is -0.0818. The highest BCUT2D eigenvalue weighted by atomic mass is 35.5. The summed E-state index contributed by atoms with van der Waals surface area (Å²) in [5, 5.41) is 1.56. The van der Waals surface area contributed by atoms with E-state index >= 15 is 0 Å². The number of thiazole rings is 1. The van der Waals surface area contributed by atoms with Gasteiger partial charge in [0, 0.05) is 18.1 Å². The lowest BCUT2D eigenvalue weighted by molar-refractivity contribution is -0.126. The Balaban J connectivity index is 1.76. The number of hydrogen-bond acceptors (Lipinski definition) is 3. The molecule has 0 saturated heterocycles. The normalized spacial score (nSPS) is 12.6. The van der Waals surface area contributed by atoms with Gasteiger partial charge in [0.15, 0.2) is 0 Å². The van der Waals surface area contributed by atoms with Crippen molar-refractivity contribution in [2.45, 2.75) is 13.0 Å². The Morgan fingerprint density at radius 2 is 1.92 bits per heavy atom. The molecule has 3 nitrogen and oxygen atoms in total. The topological polar surface area (TPSA) is 33.2 Å². The molecule has 0 aliphatic carbocycles. The van der Waals surface area contributed by atoms with Gasteiger partial charge in [-0.1, -0.05) is 41.9 Å². The SMILES string of the molecule is C[C@@H](c1nc2ccccc2s1)N(C)C(=O)/C=C/c1ccccc1Cl. The van der Waals surface area contributed by atoms with Gasteiger partial charge in [0.1, 0.15) is 5.01 Å². The second kappa shape index (κ2) is 7.16. The van der Waals surface area contributed by atoms with Gasteiger partial charge in [-0.15, -0.1) is 11.3 Å². The summed E-state index contributed by atoms with van der Waals surface area (Å²) >= 11 is 7.72. The van der Waals surface area contributed by atoms with Crippen molar-refractivity contribution in [3.05, 3.63) is 70.2 Å². The molecule has 1 aromatic heterocycles. The molecular formula is C19H17ClN2OS. The van der Waals surface area contributed by atoms with E-state index in [0.717, 1.165) is 20.8 Å². The van der Waals surface area contributed by atoms with Crippen LogP contribution in [0.2, 0.25) is 5.02 Å². The van der Waals surface area contributed by atoms with Crippen LogP contribution in [-0.2, 0) is 4.79 Å². The fourth-order valence-electron chi connectivity index (χ4n) is 2.31. The molecule has 1 atom stereocenters. The third-order valence-electron chi connectivity index (χ3n) is 3.91. The number of aromatic nitrogens is 1. The molecule has 0 N–H and O–H groups in total. The van der Waals surface area contributed by atoms with Crippen molar-refractivity contribution in [3.63, 3.8) is 0 Å². The predicted molar refractivity (Wildman–Crippen MR) is 101 cm³/mol. The van der Waals surface area contributed by atoms with Crippen LogP contribution in [0.5, 0.6) is 0 Å². The molecule has 0 fully saturated rings. The van der Waals surface area contributed by atoms with Gasteiger partial charge in [-0.25, -0.2) is 4.98 Å². The largest absolute Gasteiger partial charge is 0.333 e. The van der Waals surface area contributed by atoms with Crippen LogP contribution < -0.4 is 0 Å². The smallest absolute Gasteiger partial charge is 0.246 e. The van der Waals surface area contributed by atoms with Crippen LogP contribution in [0.1, 0.15) is 23.5 Å². The molecule has 2 aromatic carbocycles. The number of halogens is 1. The Kier molecular flexibility index (Phi) is 4.97. The monoisotopic (exact) mass is 356 g/mol. The summed E-state index contributed by atoms with van der Waals surface area (Å²) in [6, 6.07) is 15.3. The maximum absolute atomic E-state index is 12.4. The molecule has 0 radical (unpaired) electrons. The summed E-state index contributed by atoms with van der Waals surface area (Å²) in [7, 11) is 1.79. The van der Waals surface area contributed by atoms with Crippen LogP contribution in [0.15, 0.2) is 54.6 Å². The Bertz CT molecular complexity index is 870. The third-order valence-corrected chi connectivity index (χ3v) is 5.46. The van der Waals surface area contributed by atoms with Gasteiger partial charge in [-0.05, 0) is 36.8 Å². The second-order valence-corrected chi connectivity index (χ2v) is 6.97. The van der Waals surface area contributed by atoms with Crippen LogP contribution in [0.25, 0.3) is 16.3 Å². The van der Waals surface area contributed by atoms with E-state index in [1.54, 1.807) is 41.5 Å². The highest BCUT2D eigenvalue weighted by Crippen LogP contribution is 2.29. The van der Waals surface area contributed by atoms with Gasteiger partial charge in [-0.2, -0.15) is 0 Å². The molecule has 0 aliphatic heterocycles. The fourth-order valence-corrected chi connectivity index (χ4v) is 3.58. The first-order valence-electron chi connectivity index (χ1n) is 7.61. The van der Waals surface area contributed by atoms with E-state index in [-0.39, 0.29) is 11.9 Å². The minimum absolute atomic E-state index is 0.0818. The number of carbonyl (C=O) groups excluding carboxylic acids is 1. The molecular weight excluding hydrogens is 340 g/mol. The van der Waals surface area contributed by atoms with Crippen molar-refractivity contribution < 1.29 is 4.79 Å². The number of amides is 1. The second-order valence-electron chi connectivity index (χ2n) is 5.50. The zero-order valence-electron chi connectivity index (χ0n) is 13.4. The Hall–Kier alpha value is -2.17. The van der Waals surface area contributed by atoms with Gasteiger partial charge in [0.25, 0.3) is 0 Å². The van der Waals surface area contributed by atoms with Crippen LogP contribution in [0.3, 0.4) is 0 Å². The highest BCUT2D eigenvalue weighted by molar-refractivity contribution is 7.18. The predicted octanol–water partition coefficient (Wildman–Crippen LogP) is 5.18. The van der Waals surface area contributed by atoms with Crippen LogP contribution in [0, 0.1) is 0 Å². The van der Waals surface area contributed by atoms with E-state index < -0.39 is 0 Å². The molecule has 0 saturated carbocycles. The molecule has 24 heavy (non-hydrogen) atoms. The fraction of sp³-hybridized carbons (Fsp3) is 0.158. The lowest BCUT2D eigenvalue weighted by Gasteiger charge is -2.21. The van der Waals surface area contributed by atoms with Gasteiger partial charge < -0.3 is 4.90 Å². The minimum atomic E-state index is -0.0919. The van der Waals surface area contributed by atoms with E-state index in [9.17, 15) is 4.79 Å². The number of carbonyl (C=O) groups is 1. The highest BCUT2D eigenvalue weighted by Gasteiger charge is 2.19. The lowest BCUT2D eigenvalue weighted by Crippen LogP contribution is -2.27. The zero-order chi connectivity index (χ0) is 17.1. The van der Waals surface area contributed by atoms with Crippen LogP contribution in [-0.4, -0.2) is 22.8 Å². The molecule has 3 rings (SSSR count). The summed E-state index contributed by atoms with van der Waals surface area (Å²) in [6.45, 7) is 1.99.